The zero-order chi connectivity index (χ0) is 14.1. The lowest BCUT2D eigenvalue weighted by atomic mass is 10.1. The first-order valence-corrected chi connectivity index (χ1v) is 6.68. The van der Waals surface area contributed by atoms with E-state index in [1.165, 1.54) is 0 Å². The van der Waals surface area contributed by atoms with Gasteiger partial charge in [0, 0.05) is 37.7 Å². The van der Waals surface area contributed by atoms with Gasteiger partial charge in [-0.25, -0.2) is 4.79 Å². The van der Waals surface area contributed by atoms with Crippen LogP contribution < -0.4 is 0 Å². The zero-order valence-corrected chi connectivity index (χ0v) is 11.3. The number of carboxylic acid groups (broad SMARTS) is 1. The van der Waals surface area contributed by atoms with Gasteiger partial charge in [0.05, 0.1) is 6.10 Å². The van der Waals surface area contributed by atoms with E-state index in [0.717, 1.165) is 30.5 Å². The number of nitrogens with zero attached hydrogens (tertiary/aromatic N) is 1. The third-order valence-corrected chi connectivity index (χ3v) is 3.84. The van der Waals surface area contributed by atoms with Crippen molar-refractivity contribution < 1.29 is 19.1 Å². The van der Waals surface area contributed by atoms with Crippen LogP contribution in [-0.4, -0.2) is 42.3 Å². The van der Waals surface area contributed by atoms with Gasteiger partial charge in [0.25, 0.3) is 0 Å². The number of hydrogen-bond donors (Lipinski definition) is 1. The van der Waals surface area contributed by atoms with Crippen molar-refractivity contribution in [1.29, 1.82) is 0 Å². The van der Waals surface area contributed by atoms with E-state index in [1.54, 1.807) is 13.2 Å². The van der Waals surface area contributed by atoms with E-state index < -0.39 is 5.97 Å². The molecule has 0 amide bonds. The molecule has 1 aliphatic heterocycles. The van der Waals surface area contributed by atoms with Crippen molar-refractivity contribution in [1.82, 2.24) is 4.90 Å². The highest BCUT2D eigenvalue weighted by Gasteiger charge is 2.26. The van der Waals surface area contributed by atoms with E-state index in [-0.39, 0.29) is 11.9 Å². The fourth-order valence-corrected chi connectivity index (χ4v) is 2.79. The molecule has 0 bridgehead atoms. The van der Waals surface area contributed by atoms with Crippen molar-refractivity contribution >= 4 is 16.9 Å². The summed E-state index contributed by atoms with van der Waals surface area (Å²) in [5.74, 6) is -0.967. The van der Waals surface area contributed by atoms with E-state index in [2.05, 4.69) is 4.90 Å². The van der Waals surface area contributed by atoms with Crippen LogP contribution in [-0.2, 0) is 11.3 Å². The molecule has 5 nitrogen and oxygen atoms in total. The molecule has 2 aromatic rings. The summed E-state index contributed by atoms with van der Waals surface area (Å²) in [5, 5.41) is 10.2. The molecule has 0 radical (unpaired) electrons. The number of methoxy groups -OCH3 is 1. The Bertz CT molecular complexity index is 634. The summed E-state index contributed by atoms with van der Waals surface area (Å²) in [6.07, 6.45) is 1.22. The third kappa shape index (κ3) is 2.30. The first-order chi connectivity index (χ1) is 9.69. The number of para-hydroxylation sites is 1. The van der Waals surface area contributed by atoms with Crippen LogP contribution in [0, 0.1) is 0 Å². The van der Waals surface area contributed by atoms with Crippen LogP contribution in [0.15, 0.2) is 28.7 Å². The van der Waals surface area contributed by atoms with Gasteiger partial charge in [-0.15, -0.1) is 0 Å². The topological polar surface area (TPSA) is 62.9 Å². The number of carboxylic acids is 1. The van der Waals surface area contributed by atoms with Crippen LogP contribution in [0.5, 0.6) is 0 Å². The Morgan fingerprint density at radius 2 is 2.30 bits per heavy atom. The average Bonchev–Trinajstić information content (AvgIpc) is 3.04. The van der Waals surface area contributed by atoms with E-state index in [0.29, 0.717) is 12.1 Å². The van der Waals surface area contributed by atoms with Crippen molar-refractivity contribution in [3.63, 3.8) is 0 Å². The number of carbonyl (C=O) groups is 1. The van der Waals surface area contributed by atoms with Crippen LogP contribution in [0.1, 0.15) is 22.5 Å². The maximum absolute atomic E-state index is 11.3. The number of rotatable bonds is 4. The summed E-state index contributed by atoms with van der Waals surface area (Å²) in [6.45, 7) is 2.32. The highest BCUT2D eigenvalue weighted by Crippen LogP contribution is 2.28. The predicted molar refractivity (Wildman–Crippen MR) is 73.9 cm³/mol. The van der Waals surface area contributed by atoms with Crippen LogP contribution in [0.2, 0.25) is 0 Å². The zero-order valence-electron chi connectivity index (χ0n) is 11.3. The Kier molecular flexibility index (Phi) is 3.46. The Hall–Kier alpha value is -1.85. The summed E-state index contributed by atoms with van der Waals surface area (Å²) in [6, 6.07) is 7.45. The lowest BCUT2D eigenvalue weighted by molar-refractivity contribution is 0.0661. The molecule has 1 aromatic heterocycles. The van der Waals surface area contributed by atoms with Crippen LogP contribution in [0.25, 0.3) is 11.0 Å². The molecule has 20 heavy (non-hydrogen) atoms. The largest absolute Gasteiger partial charge is 0.475 e. The fraction of sp³-hybridized carbons (Fsp3) is 0.400. The van der Waals surface area contributed by atoms with Crippen LogP contribution >= 0.6 is 0 Å². The van der Waals surface area contributed by atoms with Crippen LogP contribution in [0.4, 0.5) is 0 Å². The summed E-state index contributed by atoms with van der Waals surface area (Å²) in [4.78, 5) is 13.6. The SMILES string of the molecule is COC1CCN(Cc2c(C(=O)O)oc3ccccc23)C1. The van der Waals surface area contributed by atoms with Gasteiger partial charge in [-0.2, -0.15) is 0 Å². The molecule has 106 valence electrons. The Morgan fingerprint density at radius 1 is 1.50 bits per heavy atom. The van der Waals surface area contributed by atoms with Crippen molar-refractivity contribution in [3.8, 4) is 0 Å². The van der Waals surface area contributed by atoms with Gasteiger partial charge in [-0.1, -0.05) is 18.2 Å². The molecule has 1 atom stereocenters. The highest BCUT2D eigenvalue weighted by atomic mass is 16.5. The number of hydrogen-bond acceptors (Lipinski definition) is 4. The maximum atomic E-state index is 11.3. The Balaban J connectivity index is 1.93. The molecule has 0 spiro atoms. The molecule has 1 aromatic carbocycles. The minimum absolute atomic E-state index is 0.0482. The maximum Gasteiger partial charge on any atom is 0.372 e. The minimum atomic E-state index is -1.02. The fourth-order valence-electron chi connectivity index (χ4n) is 2.79. The first kappa shape index (κ1) is 13.1. The van der Waals surface area contributed by atoms with E-state index in [9.17, 15) is 9.90 Å². The van der Waals surface area contributed by atoms with Crippen molar-refractivity contribution in [2.75, 3.05) is 20.2 Å². The molecule has 1 fully saturated rings. The van der Waals surface area contributed by atoms with E-state index >= 15 is 0 Å². The first-order valence-electron chi connectivity index (χ1n) is 6.68. The van der Waals surface area contributed by atoms with Gasteiger partial charge >= 0.3 is 5.97 Å². The molecule has 1 unspecified atom stereocenters. The minimum Gasteiger partial charge on any atom is -0.475 e. The molecule has 5 heteroatoms. The van der Waals surface area contributed by atoms with Gasteiger partial charge in [-0.05, 0) is 12.5 Å². The highest BCUT2D eigenvalue weighted by molar-refractivity contribution is 5.95. The van der Waals surface area contributed by atoms with Gasteiger partial charge in [0.15, 0.2) is 0 Å². The standard InChI is InChI=1S/C15H17NO4/c1-19-10-6-7-16(8-10)9-12-11-4-2-3-5-13(11)20-14(12)15(17)18/h2-5,10H,6-9H2,1H3,(H,17,18). The molecule has 2 heterocycles. The molecule has 1 N–H and O–H groups in total. The summed E-state index contributed by atoms with van der Waals surface area (Å²) in [5.41, 5.74) is 1.38. The van der Waals surface area contributed by atoms with Crippen molar-refractivity contribution in [2.24, 2.45) is 0 Å². The van der Waals surface area contributed by atoms with Crippen molar-refractivity contribution in [2.45, 2.75) is 19.1 Å². The molecule has 3 rings (SSSR count). The smallest absolute Gasteiger partial charge is 0.372 e. The summed E-state index contributed by atoms with van der Waals surface area (Å²) < 4.78 is 10.8. The number of likely N-dealkylation sites (tertiary alicyclic amines) is 1. The number of fused-ring (bicyclic) bond motifs is 1. The summed E-state index contributed by atoms with van der Waals surface area (Å²) in [7, 11) is 1.71. The molecular formula is C15H17NO4. The number of ether oxygens (including phenoxy) is 1. The Labute approximate surface area is 116 Å². The molecule has 1 aliphatic rings. The number of benzene rings is 1. The second-order valence-corrected chi connectivity index (χ2v) is 5.09. The average molecular weight is 275 g/mol. The molecule has 1 saturated heterocycles. The van der Waals surface area contributed by atoms with Gasteiger partial charge in [0.1, 0.15) is 5.58 Å². The molecular weight excluding hydrogens is 258 g/mol. The summed E-state index contributed by atoms with van der Waals surface area (Å²) >= 11 is 0. The van der Waals surface area contributed by atoms with Crippen molar-refractivity contribution in [3.05, 3.63) is 35.6 Å². The quantitative estimate of drug-likeness (QED) is 0.928. The molecule has 0 aliphatic carbocycles. The van der Waals surface area contributed by atoms with E-state index in [1.807, 2.05) is 18.2 Å². The number of furan rings is 1. The van der Waals surface area contributed by atoms with E-state index in [4.69, 9.17) is 9.15 Å². The van der Waals surface area contributed by atoms with Gasteiger partial charge in [0.2, 0.25) is 5.76 Å². The second-order valence-electron chi connectivity index (χ2n) is 5.09. The van der Waals surface area contributed by atoms with Gasteiger partial charge < -0.3 is 14.3 Å². The van der Waals surface area contributed by atoms with Crippen LogP contribution in [0.3, 0.4) is 0 Å². The van der Waals surface area contributed by atoms with Gasteiger partial charge in [-0.3, -0.25) is 4.90 Å². The second kappa shape index (κ2) is 5.26. The lowest BCUT2D eigenvalue weighted by Crippen LogP contribution is -2.23. The third-order valence-electron chi connectivity index (χ3n) is 3.84. The normalized spacial score (nSPS) is 19.8. The number of aromatic carboxylic acids is 1. The lowest BCUT2D eigenvalue weighted by Gasteiger charge is -2.15. The molecule has 0 saturated carbocycles. The Morgan fingerprint density at radius 3 is 3.00 bits per heavy atom. The predicted octanol–water partition coefficient (Wildman–Crippen LogP) is 2.35. The monoisotopic (exact) mass is 275 g/mol.